The van der Waals surface area contributed by atoms with Crippen LogP contribution in [0.1, 0.15) is 21.6 Å². The van der Waals surface area contributed by atoms with Crippen molar-refractivity contribution in [3.8, 4) is 0 Å². The van der Waals surface area contributed by atoms with Crippen LogP contribution in [0.25, 0.3) is 0 Å². The number of nitrogens with zero attached hydrogens (tertiary/aromatic N) is 2. The highest BCUT2D eigenvalue weighted by atomic mass is 35.5. The van der Waals surface area contributed by atoms with Crippen molar-refractivity contribution < 1.29 is 4.79 Å². The zero-order chi connectivity index (χ0) is 11.5. The van der Waals surface area contributed by atoms with Crippen molar-refractivity contribution in [2.45, 2.75) is 13.5 Å². The summed E-state index contributed by atoms with van der Waals surface area (Å²) >= 11 is 6.06. The van der Waals surface area contributed by atoms with Gasteiger partial charge in [-0.05, 0) is 18.6 Å². The lowest BCUT2D eigenvalue weighted by atomic mass is 10.2. The molecule has 2 rings (SSSR count). The van der Waals surface area contributed by atoms with E-state index in [9.17, 15) is 4.79 Å². The van der Waals surface area contributed by atoms with Crippen molar-refractivity contribution in [1.82, 2.24) is 9.78 Å². The van der Waals surface area contributed by atoms with Crippen LogP contribution >= 0.6 is 11.6 Å². The van der Waals surface area contributed by atoms with E-state index >= 15 is 0 Å². The van der Waals surface area contributed by atoms with Crippen molar-refractivity contribution in [2.75, 3.05) is 0 Å². The number of hydrogen-bond donors (Lipinski definition) is 0. The van der Waals surface area contributed by atoms with Crippen LogP contribution < -0.4 is 0 Å². The molecule has 1 aromatic carbocycles. The van der Waals surface area contributed by atoms with Crippen LogP contribution in [0.15, 0.2) is 30.5 Å². The molecule has 0 amide bonds. The quantitative estimate of drug-likeness (QED) is 0.766. The van der Waals surface area contributed by atoms with E-state index in [0.29, 0.717) is 17.1 Å². The van der Waals surface area contributed by atoms with Crippen molar-refractivity contribution in [1.29, 1.82) is 0 Å². The summed E-state index contributed by atoms with van der Waals surface area (Å²) in [6.07, 6.45) is 2.38. The van der Waals surface area contributed by atoms with E-state index in [1.165, 1.54) is 0 Å². The maximum atomic E-state index is 10.7. The van der Waals surface area contributed by atoms with Crippen LogP contribution in [0.2, 0.25) is 5.02 Å². The molecule has 4 heteroatoms. The van der Waals surface area contributed by atoms with Crippen LogP contribution in [0.4, 0.5) is 0 Å². The molecule has 0 fully saturated rings. The first kappa shape index (κ1) is 10.9. The summed E-state index contributed by atoms with van der Waals surface area (Å²) in [4.78, 5) is 10.7. The van der Waals surface area contributed by atoms with Gasteiger partial charge in [-0.15, -0.1) is 0 Å². The smallest absolute Gasteiger partial charge is 0.153 e. The third-order valence-corrected chi connectivity index (χ3v) is 2.91. The van der Waals surface area contributed by atoms with Gasteiger partial charge in [0.1, 0.15) is 0 Å². The minimum Gasteiger partial charge on any atom is -0.298 e. The summed E-state index contributed by atoms with van der Waals surface area (Å²) in [6, 6.07) is 7.61. The fourth-order valence-corrected chi connectivity index (χ4v) is 1.72. The molecule has 0 atom stereocenters. The van der Waals surface area contributed by atoms with Gasteiger partial charge in [-0.3, -0.25) is 9.48 Å². The molecule has 0 aliphatic heterocycles. The van der Waals surface area contributed by atoms with E-state index in [-0.39, 0.29) is 0 Å². The molecule has 0 saturated carbocycles. The van der Waals surface area contributed by atoms with E-state index in [2.05, 4.69) is 5.10 Å². The van der Waals surface area contributed by atoms with Gasteiger partial charge in [-0.1, -0.05) is 29.8 Å². The molecule has 16 heavy (non-hydrogen) atoms. The molecule has 0 aliphatic carbocycles. The molecule has 0 bridgehead atoms. The minimum atomic E-state index is 0.583. The fourth-order valence-electron chi connectivity index (χ4n) is 1.52. The number of aldehydes is 1. The van der Waals surface area contributed by atoms with Crippen LogP contribution in [0, 0.1) is 6.92 Å². The lowest BCUT2D eigenvalue weighted by molar-refractivity contribution is 0.112. The van der Waals surface area contributed by atoms with Crippen molar-refractivity contribution in [3.63, 3.8) is 0 Å². The summed E-state index contributed by atoms with van der Waals surface area (Å²) in [5, 5.41) is 4.86. The van der Waals surface area contributed by atoms with Gasteiger partial charge in [-0.2, -0.15) is 5.10 Å². The first-order chi connectivity index (χ1) is 7.72. The molecule has 1 aromatic heterocycles. The topological polar surface area (TPSA) is 34.9 Å². The lowest BCUT2D eigenvalue weighted by Gasteiger charge is -2.06. The second kappa shape index (κ2) is 4.49. The summed E-state index contributed by atoms with van der Waals surface area (Å²) in [7, 11) is 0. The van der Waals surface area contributed by atoms with Crippen molar-refractivity contribution in [2.24, 2.45) is 0 Å². The molecular formula is C12H11ClN2O. The Hall–Kier alpha value is -1.61. The molecule has 0 unspecified atom stereocenters. The largest absolute Gasteiger partial charge is 0.298 e. The Labute approximate surface area is 98.7 Å². The number of carbonyl (C=O) groups excluding carboxylic acids is 1. The average molecular weight is 235 g/mol. The Morgan fingerprint density at radius 1 is 1.44 bits per heavy atom. The second-order valence-electron chi connectivity index (χ2n) is 3.55. The maximum absolute atomic E-state index is 10.7. The summed E-state index contributed by atoms with van der Waals surface area (Å²) in [6.45, 7) is 2.45. The van der Waals surface area contributed by atoms with E-state index < -0.39 is 0 Å². The number of aromatic nitrogens is 2. The molecule has 1 heterocycles. The molecule has 82 valence electrons. The van der Waals surface area contributed by atoms with E-state index in [4.69, 9.17) is 11.6 Å². The highest BCUT2D eigenvalue weighted by molar-refractivity contribution is 6.31. The predicted molar refractivity (Wildman–Crippen MR) is 62.9 cm³/mol. The highest BCUT2D eigenvalue weighted by Crippen LogP contribution is 2.17. The van der Waals surface area contributed by atoms with Crippen molar-refractivity contribution >= 4 is 17.9 Å². The van der Waals surface area contributed by atoms with Crippen LogP contribution in [0.5, 0.6) is 0 Å². The van der Waals surface area contributed by atoms with Gasteiger partial charge in [-0.25, -0.2) is 0 Å². The van der Waals surface area contributed by atoms with E-state index in [0.717, 1.165) is 17.5 Å². The number of benzene rings is 1. The van der Waals surface area contributed by atoms with Crippen LogP contribution in [-0.4, -0.2) is 16.1 Å². The molecule has 0 radical (unpaired) electrons. The third kappa shape index (κ3) is 1.99. The van der Waals surface area contributed by atoms with Gasteiger partial charge < -0.3 is 0 Å². The Bertz CT molecular complexity index is 519. The Morgan fingerprint density at radius 2 is 2.19 bits per heavy atom. The second-order valence-corrected chi connectivity index (χ2v) is 3.96. The Kier molecular flexibility index (Phi) is 3.06. The van der Waals surface area contributed by atoms with Gasteiger partial charge in [0.25, 0.3) is 0 Å². The lowest BCUT2D eigenvalue weighted by Crippen LogP contribution is -2.04. The van der Waals surface area contributed by atoms with E-state index in [1.54, 1.807) is 10.9 Å². The van der Waals surface area contributed by atoms with Gasteiger partial charge in [0.15, 0.2) is 6.29 Å². The number of halogens is 1. The van der Waals surface area contributed by atoms with Crippen LogP contribution in [-0.2, 0) is 6.54 Å². The molecular weight excluding hydrogens is 224 g/mol. The molecule has 0 N–H and O–H groups in total. The molecule has 3 nitrogen and oxygen atoms in total. The number of hydrogen-bond acceptors (Lipinski definition) is 2. The fraction of sp³-hybridized carbons (Fsp3) is 0.167. The van der Waals surface area contributed by atoms with Crippen molar-refractivity contribution in [3.05, 3.63) is 52.3 Å². The normalized spacial score (nSPS) is 10.4. The predicted octanol–water partition coefficient (Wildman–Crippen LogP) is 2.71. The maximum Gasteiger partial charge on any atom is 0.153 e. The monoisotopic (exact) mass is 234 g/mol. The summed E-state index contributed by atoms with van der Waals surface area (Å²) < 4.78 is 1.77. The third-order valence-electron chi connectivity index (χ3n) is 2.55. The molecule has 0 spiro atoms. The molecule has 2 aromatic rings. The van der Waals surface area contributed by atoms with Crippen LogP contribution in [0.3, 0.4) is 0 Å². The van der Waals surface area contributed by atoms with Gasteiger partial charge in [0, 0.05) is 10.7 Å². The molecule has 0 aliphatic rings. The first-order valence-electron chi connectivity index (χ1n) is 4.93. The first-order valence-corrected chi connectivity index (χ1v) is 5.31. The Morgan fingerprint density at radius 3 is 2.81 bits per heavy atom. The summed E-state index contributed by atoms with van der Waals surface area (Å²) in [5.41, 5.74) is 2.47. The van der Waals surface area contributed by atoms with Gasteiger partial charge in [0.2, 0.25) is 0 Å². The molecule has 0 saturated heterocycles. The summed E-state index contributed by atoms with van der Waals surface area (Å²) in [5.74, 6) is 0. The SMILES string of the molecule is Cc1c(C=O)cnn1Cc1ccccc1Cl. The minimum absolute atomic E-state index is 0.583. The number of rotatable bonds is 3. The van der Waals surface area contributed by atoms with E-state index in [1.807, 2.05) is 31.2 Å². The highest BCUT2D eigenvalue weighted by Gasteiger charge is 2.07. The standard InChI is InChI=1S/C12H11ClN2O/c1-9-11(8-16)6-14-15(9)7-10-4-2-3-5-12(10)13/h2-6,8H,7H2,1H3. The average Bonchev–Trinajstić information content (AvgIpc) is 2.63. The number of carbonyl (C=O) groups is 1. The zero-order valence-electron chi connectivity index (χ0n) is 8.85. The zero-order valence-corrected chi connectivity index (χ0v) is 9.61. The Balaban J connectivity index is 2.31. The van der Waals surface area contributed by atoms with Gasteiger partial charge in [0.05, 0.1) is 18.3 Å². The van der Waals surface area contributed by atoms with Gasteiger partial charge >= 0.3 is 0 Å².